The van der Waals surface area contributed by atoms with Crippen molar-refractivity contribution in [1.82, 2.24) is 4.90 Å². The second-order valence-electron chi connectivity index (χ2n) is 7.30. The van der Waals surface area contributed by atoms with E-state index in [1.807, 2.05) is 55.5 Å². The summed E-state index contributed by atoms with van der Waals surface area (Å²) in [5.41, 5.74) is 3.18. The van der Waals surface area contributed by atoms with Crippen LogP contribution in [0.1, 0.15) is 30.0 Å². The van der Waals surface area contributed by atoms with Crippen LogP contribution >= 0.6 is 0 Å². The maximum Gasteiger partial charge on any atom is 0.261 e. The number of para-hydroxylation sites is 1. The van der Waals surface area contributed by atoms with Crippen LogP contribution in [0.5, 0.6) is 5.75 Å². The first-order valence-electron chi connectivity index (χ1n) is 9.64. The van der Waals surface area contributed by atoms with Crippen LogP contribution in [-0.4, -0.2) is 43.4 Å². The van der Waals surface area contributed by atoms with Crippen molar-refractivity contribution in [2.24, 2.45) is 0 Å². The Morgan fingerprint density at radius 1 is 1.11 bits per heavy atom. The third-order valence-electron chi connectivity index (χ3n) is 5.20. The number of carbonyl (C=O) groups is 1. The molecule has 0 aromatic heterocycles. The number of aryl methyl sites for hydroxylation is 2. The molecule has 0 spiro atoms. The Kier molecular flexibility index (Phi) is 6.39. The van der Waals surface area contributed by atoms with Gasteiger partial charge >= 0.3 is 0 Å². The van der Waals surface area contributed by atoms with Crippen LogP contribution in [-0.2, 0) is 27.6 Å². The zero-order valence-corrected chi connectivity index (χ0v) is 17.2. The second kappa shape index (κ2) is 8.78. The smallest absolute Gasteiger partial charge is 0.261 e. The van der Waals surface area contributed by atoms with Crippen LogP contribution in [0, 0.1) is 6.92 Å². The van der Waals surface area contributed by atoms with E-state index in [4.69, 9.17) is 4.74 Å². The first-order chi connectivity index (χ1) is 13.4. The average Bonchev–Trinajstić information content (AvgIpc) is 3.05. The molecule has 2 aromatic carbocycles. The van der Waals surface area contributed by atoms with Gasteiger partial charge in [-0.15, -0.1) is 0 Å². The van der Waals surface area contributed by atoms with Gasteiger partial charge in [-0.3, -0.25) is 4.79 Å². The van der Waals surface area contributed by atoms with E-state index >= 15 is 0 Å². The molecule has 1 heterocycles. The first kappa shape index (κ1) is 20.4. The molecular weight excluding hydrogens is 374 g/mol. The maximum absolute atomic E-state index is 13.0. The van der Waals surface area contributed by atoms with Gasteiger partial charge in [0.1, 0.15) is 5.75 Å². The van der Waals surface area contributed by atoms with Crippen LogP contribution in [0.15, 0.2) is 48.5 Å². The number of carbonyl (C=O) groups excluding carboxylic acids is 1. The van der Waals surface area contributed by atoms with Crippen molar-refractivity contribution in [3.8, 4) is 5.75 Å². The number of sulfone groups is 1. The maximum atomic E-state index is 13.0. The normalized spacial score (nSPS) is 18.0. The number of amides is 1. The topological polar surface area (TPSA) is 63.7 Å². The lowest BCUT2D eigenvalue weighted by molar-refractivity contribution is -0.136. The number of hydrogen-bond acceptors (Lipinski definition) is 4. The van der Waals surface area contributed by atoms with Gasteiger partial charge in [-0.2, -0.15) is 0 Å². The summed E-state index contributed by atoms with van der Waals surface area (Å²) >= 11 is 0. The SMILES string of the molecule is CCc1ccc(CN(C(=O)COc2ccccc2C)C2CCS(=O)(=O)C2)cc1. The number of hydrogen-bond donors (Lipinski definition) is 0. The van der Waals surface area contributed by atoms with E-state index in [0.717, 1.165) is 17.5 Å². The van der Waals surface area contributed by atoms with E-state index in [1.54, 1.807) is 4.90 Å². The largest absolute Gasteiger partial charge is 0.484 e. The van der Waals surface area contributed by atoms with Gasteiger partial charge in [0.05, 0.1) is 11.5 Å². The molecule has 1 fully saturated rings. The van der Waals surface area contributed by atoms with E-state index in [9.17, 15) is 13.2 Å². The van der Waals surface area contributed by atoms with Gasteiger partial charge in [-0.1, -0.05) is 49.4 Å². The zero-order chi connectivity index (χ0) is 20.1. The highest BCUT2D eigenvalue weighted by atomic mass is 32.2. The van der Waals surface area contributed by atoms with Crippen molar-refractivity contribution in [3.63, 3.8) is 0 Å². The van der Waals surface area contributed by atoms with Gasteiger partial charge < -0.3 is 9.64 Å². The minimum Gasteiger partial charge on any atom is -0.484 e. The molecule has 1 aliphatic rings. The highest BCUT2D eigenvalue weighted by molar-refractivity contribution is 7.91. The molecule has 150 valence electrons. The van der Waals surface area contributed by atoms with Crippen LogP contribution in [0.3, 0.4) is 0 Å². The van der Waals surface area contributed by atoms with Crippen molar-refractivity contribution < 1.29 is 17.9 Å². The molecule has 1 unspecified atom stereocenters. The quantitative estimate of drug-likeness (QED) is 0.715. The van der Waals surface area contributed by atoms with E-state index in [2.05, 4.69) is 6.92 Å². The van der Waals surface area contributed by atoms with E-state index < -0.39 is 9.84 Å². The lowest BCUT2D eigenvalue weighted by atomic mass is 10.1. The molecule has 6 heteroatoms. The summed E-state index contributed by atoms with van der Waals surface area (Å²) in [6.45, 7) is 4.31. The molecule has 0 aliphatic carbocycles. The van der Waals surface area contributed by atoms with Crippen LogP contribution in [0.2, 0.25) is 0 Å². The summed E-state index contributed by atoms with van der Waals surface area (Å²) in [4.78, 5) is 14.6. The van der Waals surface area contributed by atoms with Gasteiger partial charge in [-0.25, -0.2) is 8.42 Å². The molecule has 5 nitrogen and oxygen atoms in total. The van der Waals surface area contributed by atoms with Crippen molar-refractivity contribution in [3.05, 3.63) is 65.2 Å². The fourth-order valence-electron chi connectivity index (χ4n) is 3.46. The molecule has 0 saturated carbocycles. The predicted octanol–water partition coefficient (Wildman–Crippen LogP) is 3.15. The van der Waals surface area contributed by atoms with Gasteiger partial charge in [0, 0.05) is 12.6 Å². The highest BCUT2D eigenvalue weighted by Crippen LogP contribution is 2.22. The van der Waals surface area contributed by atoms with Crippen molar-refractivity contribution >= 4 is 15.7 Å². The van der Waals surface area contributed by atoms with Crippen molar-refractivity contribution in [2.75, 3.05) is 18.1 Å². The van der Waals surface area contributed by atoms with Crippen LogP contribution in [0.25, 0.3) is 0 Å². The second-order valence-corrected chi connectivity index (χ2v) is 9.53. The van der Waals surface area contributed by atoms with E-state index in [1.165, 1.54) is 5.56 Å². The van der Waals surface area contributed by atoms with E-state index in [0.29, 0.717) is 18.7 Å². The number of nitrogens with zero attached hydrogens (tertiary/aromatic N) is 1. The van der Waals surface area contributed by atoms with Gasteiger partial charge in [0.2, 0.25) is 0 Å². The fourth-order valence-corrected chi connectivity index (χ4v) is 5.19. The summed E-state index contributed by atoms with van der Waals surface area (Å²) in [6.07, 6.45) is 1.43. The lowest BCUT2D eigenvalue weighted by Crippen LogP contribution is -2.43. The number of rotatable bonds is 7. The third kappa shape index (κ3) is 5.13. The first-order valence-corrected chi connectivity index (χ1v) is 11.5. The Morgan fingerprint density at radius 2 is 1.79 bits per heavy atom. The predicted molar refractivity (Wildman–Crippen MR) is 110 cm³/mol. The monoisotopic (exact) mass is 401 g/mol. The molecule has 0 N–H and O–H groups in total. The molecule has 0 bridgehead atoms. The molecular formula is C22H27NO4S. The average molecular weight is 402 g/mol. The Bertz CT molecular complexity index is 922. The Hall–Kier alpha value is -2.34. The van der Waals surface area contributed by atoms with Gasteiger partial charge in [0.15, 0.2) is 16.4 Å². The highest BCUT2D eigenvalue weighted by Gasteiger charge is 2.34. The third-order valence-corrected chi connectivity index (χ3v) is 6.95. The zero-order valence-electron chi connectivity index (χ0n) is 16.4. The van der Waals surface area contributed by atoms with E-state index in [-0.39, 0.29) is 30.1 Å². The molecule has 1 saturated heterocycles. The minimum atomic E-state index is -3.09. The summed E-state index contributed by atoms with van der Waals surface area (Å²) in [7, 11) is -3.09. The van der Waals surface area contributed by atoms with Crippen LogP contribution < -0.4 is 4.74 Å². The lowest BCUT2D eigenvalue weighted by Gasteiger charge is -2.28. The van der Waals surface area contributed by atoms with Crippen molar-refractivity contribution in [2.45, 2.75) is 39.3 Å². The Morgan fingerprint density at radius 3 is 2.39 bits per heavy atom. The number of ether oxygens (including phenoxy) is 1. The number of benzene rings is 2. The summed E-state index contributed by atoms with van der Waals surface area (Å²) < 4.78 is 29.6. The minimum absolute atomic E-state index is 0.0240. The van der Waals surface area contributed by atoms with Crippen LogP contribution in [0.4, 0.5) is 0 Å². The fraction of sp³-hybridized carbons (Fsp3) is 0.409. The molecule has 2 aromatic rings. The Labute approximate surface area is 167 Å². The summed E-state index contributed by atoms with van der Waals surface area (Å²) in [5.74, 6) is 0.637. The van der Waals surface area contributed by atoms with Gasteiger partial charge in [-0.05, 0) is 42.5 Å². The van der Waals surface area contributed by atoms with Gasteiger partial charge in [0.25, 0.3) is 5.91 Å². The standard InChI is InChI=1S/C22H27NO4S/c1-3-18-8-10-19(11-9-18)14-23(20-12-13-28(25,26)16-20)22(24)15-27-21-7-5-4-6-17(21)2/h4-11,20H,3,12-16H2,1-2H3. The molecule has 1 aliphatic heterocycles. The molecule has 3 rings (SSSR count). The molecule has 1 atom stereocenters. The summed E-state index contributed by atoms with van der Waals surface area (Å²) in [6, 6.07) is 15.3. The molecule has 28 heavy (non-hydrogen) atoms. The van der Waals surface area contributed by atoms with Crippen molar-refractivity contribution in [1.29, 1.82) is 0 Å². The Balaban J connectivity index is 1.74. The molecule has 1 amide bonds. The summed E-state index contributed by atoms with van der Waals surface area (Å²) in [5, 5.41) is 0. The molecule has 0 radical (unpaired) electrons.